The number of nitrogens with one attached hydrogen (secondary N) is 1. The van der Waals surface area contributed by atoms with Gasteiger partial charge < -0.3 is 5.32 Å². The zero-order chi connectivity index (χ0) is 9.97. The predicted octanol–water partition coefficient (Wildman–Crippen LogP) is 1.82. The fourth-order valence-corrected chi connectivity index (χ4v) is 2.50. The van der Waals surface area contributed by atoms with Crippen molar-refractivity contribution in [2.24, 2.45) is 0 Å². The Balaban J connectivity index is 1.81. The molecule has 0 bridgehead atoms. The second kappa shape index (κ2) is 4.28. The minimum absolute atomic E-state index is 0.616. The molecule has 1 aromatic heterocycles. The van der Waals surface area contributed by atoms with Gasteiger partial charge in [0.05, 0.1) is 11.7 Å². The summed E-state index contributed by atoms with van der Waals surface area (Å²) in [7, 11) is 0. The van der Waals surface area contributed by atoms with Gasteiger partial charge >= 0.3 is 0 Å². The van der Waals surface area contributed by atoms with Crippen LogP contribution >= 0.6 is 11.3 Å². The van der Waals surface area contributed by atoms with E-state index >= 15 is 0 Å². The van der Waals surface area contributed by atoms with Crippen LogP contribution in [0.25, 0.3) is 0 Å². The Morgan fingerprint density at radius 1 is 1.57 bits per heavy atom. The van der Waals surface area contributed by atoms with Crippen molar-refractivity contribution >= 4 is 16.5 Å². The van der Waals surface area contributed by atoms with E-state index in [0.29, 0.717) is 6.04 Å². The van der Waals surface area contributed by atoms with Crippen molar-refractivity contribution in [2.75, 3.05) is 25.0 Å². The van der Waals surface area contributed by atoms with Crippen LogP contribution in [-0.4, -0.2) is 35.6 Å². The number of rotatable bonds is 4. The van der Waals surface area contributed by atoms with Crippen molar-refractivity contribution in [3.05, 3.63) is 11.1 Å². The van der Waals surface area contributed by atoms with E-state index in [0.717, 1.165) is 31.2 Å². The SMILES string of the molecule is CCc1csc(NC2CN(CC)C2)n1. The van der Waals surface area contributed by atoms with Gasteiger partial charge in [0.2, 0.25) is 0 Å². The molecule has 0 unspecified atom stereocenters. The number of thiazole rings is 1. The molecule has 0 radical (unpaired) electrons. The van der Waals surface area contributed by atoms with Crippen LogP contribution in [0.1, 0.15) is 19.5 Å². The number of likely N-dealkylation sites (tertiary alicyclic amines) is 1. The second-order valence-electron chi connectivity index (χ2n) is 3.69. The lowest BCUT2D eigenvalue weighted by Crippen LogP contribution is -2.54. The van der Waals surface area contributed by atoms with Crippen LogP contribution < -0.4 is 5.32 Å². The zero-order valence-electron chi connectivity index (χ0n) is 8.79. The summed E-state index contributed by atoms with van der Waals surface area (Å²) in [5.41, 5.74) is 1.20. The number of hydrogen-bond acceptors (Lipinski definition) is 4. The monoisotopic (exact) mass is 211 g/mol. The van der Waals surface area contributed by atoms with Crippen molar-refractivity contribution in [2.45, 2.75) is 26.3 Å². The van der Waals surface area contributed by atoms with Crippen LogP contribution in [0.5, 0.6) is 0 Å². The first-order chi connectivity index (χ1) is 6.81. The minimum Gasteiger partial charge on any atom is -0.356 e. The Morgan fingerprint density at radius 2 is 2.36 bits per heavy atom. The third kappa shape index (κ3) is 2.07. The van der Waals surface area contributed by atoms with Gasteiger partial charge in [0, 0.05) is 18.5 Å². The highest BCUT2D eigenvalue weighted by atomic mass is 32.1. The van der Waals surface area contributed by atoms with Gasteiger partial charge in [-0.25, -0.2) is 4.98 Å². The molecule has 1 aliphatic rings. The number of anilines is 1. The molecule has 0 aliphatic carbocycles. The Labute approximate surface area is 89.1 Å². The van der Waals surface area contributed by atoms with Gasteiger partial charge in [0.15, 0.2) is 5.13 Å². The van der Waals surface area contributed by atoms with E-state index in [1.165, 1.54) is 5.69 Å². The highest BCUT2D eigenvalue weighted by molar-refractivity contribution is 7.13. The van der Waals surface area contributed by atoms with Crippen LogP contribution in [0.15, 0.2) is 5.38 Å². The molecule has 2 heterocycles. The highest BCUT2D eigenvalue weighted by Gasteiger charge is 2.25. The molecule has 2 rings (SSSR count). The van der Waals surface area contributed by atoms with Crippen LogP contribution in [0, 0.1) is 0 Å². The molecule has 0 aromatic carbocycles. The Morgan fingerprint density at radius 3 is 2.93 bits per heavy atom. The number of aryl methyl sites for hydroxylation is 1. The Bertz CT molecular complexity index is 291. The van der Waals surface area contributed by atoms with Gasteiger partial charge in [-0.15, -0.1) is 11.3 Å². The van der Waals surface area contributed by atoms with E-state index in [2.05, 4.69) is 34.4 Å². The minimum atomic E-state index is 0.616. The van der Waals surface area contributed by atoms with Crippen molar-refractivity contribution in [1.82, 2.24) is 9.88 Å². The lowest BCUT2D eigenvalue weighted by atomic mass is 10.1. The third-order valence-electron chi connectivity index (χ3n) is 2.65. The largest absolute Gasteiger partial charge is 0.356 e. The van der Waals surface area contributed by atoms with E-state index < -0.39 is 0 Å². The fourth-order valence-electron chi connectivity index (χ4n) is 1.63. The standard InChI is InChI=1S/C10H17N3S/c1-3-8-7-14-10(11-8)12-9-5-13(4-2)6-9/h7,9H,3-6H2,1-2H3,(H,11,12). The van der Waals surface area contributed by atoms with Gasteiger partial charge in [-0.1, -0.05) is 13.8 Å². The zero-order valence-corrected chi connectivity index (χ0v) is 9.60. The van der Waals surface area contributed by atoms with Gasteiger partial charge in [0.1, 0.15) is 0 Å². The molecule has 3 nitrogen and oxygen atoms in total. The summed E-state index contributed by atoms with van der Waals surface area (Å²) < 4.78 is 0. The molecular formula is C10H17N3S. The molecule has 0 amide bonds. The molecule has 1 aliphatic heterocycles. The quantitative estimate of drug-likeness (QED) is 0.823. The predicted molar refractivity (Wildman–Crippen MR) is 61.0 cm³/mol. The number of aromatic nitrogens is 1. The average Bonchev–Trinajstić information content (AvgIpc) is 2.58. The summed E-state index contributed by atoms with van der Waals surface area (Å²) in [5, 5.41) is 6.69. The molecule has 0 spiro atoms. The van der Waals surface area contributed by atoms with Crippen molar-refractivity contribution in [3.8, 4) is 0 Å². The number of hydrogen-bond donors (Lipinski definition) is 1. The van der Waals surface area contributed by atoms with Gasteiger partial charge in [-0.05, 0) is 13.0 Å². The summed E-state index contributed by atoms with van der Waals surface area (Å²) >= 11 is 1.72. The molecule has 0 saturated carbocycles. The van der Waals surface area contributed by atoms with E-state index in [1.54, 1.807) is 11.3 Å². The molecule has 4 heteroatoms. The van der Waals surface area contributed by atoms with Gasteiger partial charge in [-0.3, -0.25) is 4.90 Å². The molecular weight excluding hydrogens is 194 g/mol. The average molecular weight is 211 g/mol. The summed E-state index contributed by atoms with van der Waals surface area (Å²) in [5.74, 6) is 0. The molecule has 14 heavy (non-hydrogen) atoms. The van der Waals surface area contributed by atoms with Crippen molar-refractivity contribution in [3.63, 3.8) is 0 Å². The first-order valence-electron chi connectivity index (χ1n) is 5.25. The van der Waals surface area contributed by atoms with Gasteiger partial charge in [0.25, 0.3) is 0 Å². The van der Waals surface area contributed by atoms with E-state index in [1.807, 2.05) is 0 Å². The fraction of sp³-hybridized carbons (Fsp3) is 0.700. The summed E-state index contributed by atoms with van der Waals surface area (Å²) in [6.07, 6.45) is 1.03. The van der Waals surface area contributed by atoms with Crippen LogP contribution in [-0.2, 0) is 6.42 Å². The smallest absolute Gasteiger partial charge is 0.183 e. The van der Waals surface area contributed by atoms with E-state index in [9.17, 15) is 0 Å². The second-order valence-corrected chi connectivity index (χ2v) is 4.55. The van der Waals surface area contributed by atoms with Crippen molar-refractivity contribution in [1.29, 1.82) is 0 Å². The molecule has 0 atom stereocenters. The normalized spacial score (nSPS) is 18.1. The first-order valence-corrected chi connectivity index (χ1v) is 6.13. The highest BCUT2D eigenvalue weighted by Crippen LogP contribution is 2.19. The third-order valence-corrected chi connectivity index (χ3v) is 3.47. The van der Waals surface area contributed by atoms with Crippen molar-refractivity contribution < 1.29 is 0 Å². The molecule has 1 aromatic rings. The Kier molecular flexibility index (Phi) is 3.03. The van der Waals surface area contributed by atoms with E-state index in [4.69, 9.17) is 0 Å². The summed E-state index contributed by atoms with van der Waals surface area (Å²) in [4.78, 5) is 6.91. The molecule has 1 saturated heterocycles. The first kappa shape index (κ1) is 9.93. The topological polar surface area (TPSA) is 28.2 Å². The number of likely N-dealkylation sites (N-methyl/N-ethyl adjacent to an activating group) is 1. The van der Waals surface area contributed by atoms with Crippen LogP contribution in [0.3, 0.4) is 0 Å². The lowest BCUT2D eigenvalue weighted by Gasteiger charge is -2.38. The Hall–Kier alpha value is -0.610. The maximum absolute atomic E-state index is 4.49. The van der Waals surface area contributed by atoms with Crippen LogP contribution in [0.4, 0.5) is 5.13 Å². The molecule has 1 N–H and O–H groups in total. The van der Waals surface area contributed by atoms with Crippen LogP contribution in [0.2, 0.25) is 0 Å². The lowest BCUT2D eigenvalue weighted by molar-refractivity contribution is 0.171. The molecule has 1 fully saturated rings. The maximum atomic E-state index is 4.49. The van der Waals surface area contributed by atoms with E-state index in [-0.39, 0.29) is 0 Å². The number of nitrogens with zero attached hydrogens (tertiary/aromatic N) is 2. The van der Waals surface area contributed by atoms with Gasteiger partial charge in [-0.2, -0.15) is 0 Å². The molecule has 78 valence electrons. The summed E-state index contributed by atoms with van der Waals surface area (Å²) in [6, 6.07) is 0.616. The summed E-state index contributed by atoms with van der Waals surface area (Å²) in [6.45, 7) is 7.83. The maximum Gasteiger partial charge on any atom is 0.183 e.